The number of aliphatic hydroxyl groups is 1. The van der Waals surface area contributed by atoms with Crippen molar-refractivity contribution in [2.75, 3.05) is 0 Å². The summed E-state index contributed by atoms with van der Waals surface area (Å²) in [6.45, 7) is 10.2. The summed E-state index contributed by atoms with van der Waals surface area (Å²) < 4.78 is 5.82. The zero-order chi connectivity index (χ0) is 15.6. The zero-order valence-electron chi connectivity index (χ0n) is 13.5. The molecule has 0 saturated carbocycles. The average molecular weight is 284 g/mol. The lowest BCUT2D eigenvalue weighted by molar-refractivity contribution is 0.197. The second-order valence-corrected chi connectivity index (χ2v) is 5.90. The van der Waals surface area contributed by atoms with E-state index in [4.69, 9.17) is 4.74 Å². The number of ether oxygens (including phenoxy) is 1. The summed E-state index contributed by atoms with van der Waals surface area (Å²) in [5, 5.41) is 10.8. The Labute approximate surface area is 127 Å². The Morgan fingerprint density at radius 3 is 2.14 bits per heavy atom. The third-order valence-corrected chi connectivity index (χ3v) is 3.75. The molecule has 0 aromatic heterocycles. The molecule has 0 aliphatic rings. The van der Waals surface area contributed by atoms with Crippen LogP contribution in [0.5, 0.6) is 5.75 Å². The Kier molecular flexibility index (Phi) is 4.69. The first-order valence-electron chi connectivity index (χ1n) is 7.41. The van der Waals surface area contributed by atoms with Crippen LogP contribution < -0.4 is 4.74 Å². The molecule has 0 fully saturated rings. The van der Waals surface area contributed by atoms with Gasteiger partial charge in [-0.05, 0) is 62.9 Å². The van der Waals surface area contributed by atoms with Crippen molar-refractivity contribution in [3.63, 3.8) is 0 Å². The molecular weight excluding hydrogens is 260 g/mol. The topological polar surface area (TPSA) is 29.5 Å². The molecule has 21 heavy (non-hydrogen) atoms. The zero-order valence-corrected chi connectivity index (χ0v) is 13.5. The van der Waals surface area contributed by atoms with Crippen LogP contribution in [0.4, 0.5) is 0 Å². The first-order chi connectivity index (χ1) is 9.90. The number of hydrogen-bond acceptors (Lipinski definition) is 2. The van der Waals surface area contributed by atoms with E-state index in [1.807, 2.05) is 45.0 Å². The summed E-state index contributed by atoms with van der Waals surface area (Å²) in [7, 11) is 0. The van der Waals surface area contributed by atoms with Crippen molar-refractivity contribution in [2.45, 2.75) is 46.8 Å². The second-order valence-electron chi connectivity index (χ2n) is 5.90. The Morgan fingerprint density at radius 1 is 0.857 bits per heavy atom. The number of hydrogen-bond donors (Lipinski definition) is 1. The maximum atomic E-state index is 10.8. The quantitative estimate of drug-likeness (QED) is 0.897. The fourth-order valence-electron chi connectivity index (χ4n) is 2.51. The van der Waals surface area contributed by atoms with Gasteiger partial charge >= 0.3 is 0 Å². The lowest BCUT2D eigenvalue weighted by Gasteiger charge is -2.20. The standard InChI is InChI=1S/C19H24O2/c1-12(2)21-18-9-7-6-8-16(18)19(20)17-11-14(4)13(3)10-15(17)5/h6-12,19-20H,1-5H3. The maximum absolute atomic E-state index is 10.8. The van der Waals surface area contributed by atoms with E-state index in [2.05, 4.69) is 26.0 Å². The Hall–Kier alpha value is -1.80. The van der Waals surface area contributed by atoms with Crippen molar-refractivity contribution >= 4 is 0 Å². The van der Waals surface area contributed by atoms with Crippen molar-refractivity contribution in [2.24, 2.45) is 0 Å². The summed E-state index contributed by atoms with van der Waals surface area (Å²) >= 11 is 0. The van der Waals surface area contributed by atoms with E-state index >= 15 is 0 Å². The molecule has 1 N–H and O–H groups in total. The molecule has 112 valence electrons. The Morgan fingerprint density at radius 2 is 1.48 bits per heavy atom. The smallest absolute Gasteiger partial charge is 0.125 e. The highest BCUT2D eigenvalue weighted by Gasteiger charge is 2.18. The van der Waals surface area contributed by atoms with Crippen molar-refractivity contribution in [1.82, 2.24) is 0 Å². The third kappa shape index (κ3) is 3.45. The van der Waals surface area contributed by atoms with Gasteiger partial charge in [0.25, 0.3) is 0 Å². The molecule has 0 saturated heterocycles. The predicted molar refractivity (Wildman–Crippen MR) is 86.9 cm³/mol. The van der Waals surface area contributed by atoms with Crippen LogP contribution in [0.15, 0.2) is 36.4 Å². The molecule has 2 nitrogen and oxygen atoms in total. The molecule has 2 aromatic carbocycles. The number of rotatable bonds is 4. The van der Waals surface area contributed by atoms with Gasteiger partial charge in [-0.25, -0.2) is 0 Å². The first-order valence-corrected chi connectivity index (χ1v) is 7.41. The van der Waals surface area contributed by atoms with E-state index in [9.17, 15) is 5.11 Å². The SMILES string of the molecule is Cc1cc(C)c(C(O)c2ccccc2OC(C)C)cc1C. The van der Waals surface area contributed by atoms with Gasteiger partial charge in [-0.3, -0.25) is 0 Å². The fourth-order valence-corrected chi connectivity index (χ4v) is 2.51. The Balaban J connectivity index is 2.45. The highest BCUT2D eigenvalue weighted by Crippen LogP contribution is 2.33. The van der Waals surface area contributed by atoms with Crippen molar-refractivity contribution < 1.29 is 9.84 Å². The van der Waals surface area contributed by atoms with Crippen molar-refractivity contribution in [1.29, 1.82) is 0 Å². The minimum Gasteiger partial charge on any atom is -0.491 e. The maximum Gasteiger partial charge on any atom is 0.125 e. The van der Waals surface area contributed by atoms with E-state index < -0.39 is 6.10 Å². The molecule has 0 aliphatic carbocycles. The molecule has 2 aromatic rings. The summed E-state index contributed by atoms with van der Waals surface area (Å²) in [5.41, 5.74) is 5.30. The van der Waals surface area contributed by atoms with E-state index in [0.29, 0.717) is 0 Å². The van der Waals surface area contributed by atoms with Gasteiger partial charge < -0.3 is 9.84 Å². The molecular formula is C19H24O2. The molecule has 0 aliphatic heterocycles. The third-order valence-electron chi connectivity index (χ3n) is 3.75. The van der Waals surface area contributed by atoms with Crippen molar-refractivity contribution in [3.05, 3.63) is 64.2 Å². The summed E-state index contributed by atoms with van der Waals surface area (Å²) in [6, 6.07) is 11.9. The summed E-state index contributed by atoms with van der Waals surface area (Å²) in [4.78, 5) is 0. The van der Waals surface area contributed by atoms with Gasteiger partial charge in [-0.2, -0.15) is 0 Å². The molecule has 0 radical (unpaired) electrons. The van der Waals surface area contributed by atoms with Gasteiger partial charge in [-0.15, -0.1) is 0 Å². The predicted octanol–water partition coefficient (Wildman–Crippen LogP) is 4.48. The number of benzene rings is 2. The van der Waals surface area contributed by atoms with Crippen molar-refractivity contribution in [3.8, 4) is 5.75 Å². The number of para-hydroxylation sites is 1. The van der Waals surface area contributed by atoms with Gasteiger partial charge in [0.05, 0.1) is 6.10 Å². The van der Waals surface area contributed by atoms with Crippen LogP contribution in [0.1, 0.15) is 47.8 Å². The molecule has 0 bridgehead atoms. The van der Waals surface area contributed by atoms with Crippen LogP contribution in [-0.2, 0) is 0 Å². The number of aryl methyl sites for hydroxylation is 3. The molecule has 0 amide bonds. The summed E-state index contributed by atoms with van der Waals surface area (Å²) in [6.07, 6.45) is -0.585. The minimum atomic E-state index is -0.667. The molecule has 0 heterocycles. The molecule has 2 heteroatoms. The average Bonchev–Trinajstić information content (AvgIpc) is 2.42. The molecule has 1 unspecified atom stereocenters. The van der Waals surface area contributed by atoms with E-state index in [1.54, 1.807) is 0 Å². The highest BCUT2D eigenvalue weighted by molar-refractivity contribution is 5.45. The van der Waals surface area contributed by atoms with Crippen LogP contribution in [0.3, 0.4) is 0 Å². The van der Waals surface area contributed by atoms with Gasteiger partial charge in [0.15, 0.2) is 0 Å². The molecule has 2 rings (SSSR count). The van der Waals surface area contributed by atoms with Crippen LogP contribution in [-0.4, -0.2) is 11.2 Å². The van der Waals surface area contributed by atoms with E-state index in [0.717, 1.165) is 22.4 Å². The van der Waals surface area contributed by atoms with Crippen LogP contribution in [0.2, 0.25) is 0 Å². The highest BCUT2D eigenvalue weighted by atomic mass is 16.5. The van der Waals surface area contributed by atoms with Crippen LogP contribution >= 0.6 is 0 Å². The van der Waals surface area contributed by atoms with Gasteiger partial charge in [-0.1, -0.05) is 30.3 Å². The first kappa shape index (κ1) is 15.6. The monoisotopic (exact) mass is 284 g/mol. The molecule has 1 atom stereocenters. The van der Waals surface area contributed by atoms with Gasteiger partial charge in [0.2, 0.25) is 0 Å². The lowest BCUT2D eigenvalue weighted by atomic mass is 9.93. The second kappa shape index (κ2) is 6.31. The van der Waals surface area contributed by atoms with Crippen LogP contribution in [0, 0.1) is 20.8 Å². The van der Waals surface area contributed by atoms with Gasteiger partial charge in [0, 0.05) is 5.56 Å². The number of aliphatic hydroxyl groups excluding tert-OH is 1. The lowest BCUT2D eigenvalue weighted by Crippen LogP contribution is -2.10. The van der Waals surface area contributed by atoms with Crippen LogP contribution in [0.25, 0.3) is 0 Å². The minimum absolute atomic E-state index is 0.0826. The van der Waals surface area contributed by atoms with Gasteiger partial charge in [0.1, 0.15) is 11.9 Å². The normalized spacial score (nSPS) is 12.5. The van der Waals surface area contributed by atoms with E-state index in [1.165, 1.54) is 11.1 Å². The Bertz CT molecular complexity index is 629. The fraction of sp³-hybridized carbons (Fsp3) is 0.368. The van der Waals surface area contributed by atoms with E-state index in [-0.39, 0.29) is 6.10 Å². The largest absolute Gasteiger partial charge is 0.491 e. The summed E-state index contributed by atoms with van der Waals surface area (Å²) in [5.74, 6) is 0.748. The molecule has 0 spiro atoms.